The topological polar surface area (TPSA) is 77.3 Å². The number of benzene rings is 4. The van der Waals surface area contributed by atoms with Crippen LogP contribution in [0.25, 0.3) is 23.3 Å². The second-order valence-corrected chi connectivity index (χ2v) is 8.65. The lowest BCUT2D eigenvalue weighted by molar-refractivity contribution is -0.130. The number of rotatable bonds is 5. The molecule has 0 aromatic heterocycles. The molecule has 2 heterocycles. The maximum Gasteiger partial charge on any atom is 0.363 e. The van der Waals surface area contributed by atoms with Gasteiger partial charge in [0.1, 0.15) is 0 Å². The fourth-order valence-electron chi connectivity index (χ4n) is 4.09. The molecule has 0 fully saturated rings. The van der Waals surface area contributed by atoms with Gasteiger partial charge in [-0.15, -0.1) is 0 Å². The SMILES string of the molecule is O=C1OC(c2ccccc2)=N/C1=C/c1ccc(-c2ccc(/C=C3/N=C(c4ccccc4)OC3=O)cc2)cc1. The molecule has 0 unspecified atom stereocenters. The fourth-order valence-corrected chi connectivity index (χ4v) is 4.09. The summed E-state index contributed by atoms with van der Waals surface area (Å²) in [4.78, 5) is 33.2. The summed E-state index contributed by atoms with van der Waals surface area (Å²) in [5, 5.41) is 0. The van der Waals surface area contributed by atoms with Crippen molar-refractivity contribution in [2.45, 2.75) is 0 Å². The van der Waals surface area contributed by atoms with E-state index in [1.807, 2.05) is 109 Å². The highest BCUT2D eigenvalue weighted by Gasteiger charge is 2.25. The standard InChI is InChI=1S/C32H20N2O4/c35-31-27(33-29(37-31)25-7-3-1-4-8-25)19-21-11-15-23(16-12-21)24-17-13-22(14-18-24)20-28-32(36)38-30(34-28)26-9-5-2-6-10-26/h1-20H/b27-19+,28-20+. The van der Waals surface area contributed by atoms with Crippen LogP contribution in [0.1, 0.15) is 22.3 Å². The van der Waals surface area contributed by atoms with Crippen molar-refractivity contribution in [1.29, 1.82) is 0 Å². The third kappa shape index (κ3) is 4.83. The van der Waals surface area contributed by atoms with Crippen LogP contribution in [0.4, 0.5) is 0 Å². The molecule has 0 amide bonds. The van der Waals surface area contributed by atoms with Crippen molar-refractivity contribution in [2.24, 2.45) is 9.98 Å². The maximum absolute atomic E-state index is 12.3. The van der Waals surface area contributed by atoms with Crippen LogP contribution in [-0.2, 0) is 19.1 Å². The molecular weight excluding hydrogens is 476 g/mol. The van der Waals surface area contributed by atoms with Gasteiger partial charge >= 0.3 is 11.9 Å². The van der Waals surface area contributed by atoms with Crippen molar-refractivity contribution >= 4 is 35.9 Å². The van der Waals surface area contributed by atoms with Crippen molar-refractivity contribution in [3.8, 4) is 11.1 Å². The molecule has 38 heavy (non-hydrogen) atoms. The number of hydrogen-bond donors (Lipinski definition) is 0. The van der Waals surface area contributed by atoms with E-state index in [1.165, 1.54) is 0 Å². The minimum Gasteiger partial charge on any atom is -0.402 e. The van der Waals surface area contributed by atoms with Gasteiger partial charge in [-0.25, -0.2) is 19.6 Å². The minimum absolute atomic E-state index is 0.262. The molecule has 6 heteroatoms. The molecule has 0 radical (unpaired) electrons. The summed E-state index contributed by atoms with van der Waals surface area (Å²) >= 11 is 0. The molecule has 0 spiro atoms. The first-order chi connectivity index (χ1) is 18.6. The van der Waals surface area contributed by atoms with Gasteiger partial charge in [-0.3, -0.25) is 0 Å². The Bertz CT molecular complexity index is 1520. The number of nitrogens with zero attached hydrogens (tertiary/aromatic N) is 2. The van der Waals surface area contributed by atoms with Crippen molar-refractivity contribution in [1.82, 2.24) is 0 Å². The van der Waals surface area contributed by atoms with E-state index in [1.54, 1.807) is 12.2 Å². The van der Waals surface area contributed by atoms with Gasteiger partial charge in [0.25, 0.3) is 0 Å². The van der Waals surface area contributed by atoms with E-state index >= 15 is 0 Å². The van der Waals surface area contributed by atoms with Gasteiger partial charge in [-0.05, 0) is 58.7 Å². The average Bonchev–Trinajstić information content (AvgIpc) is 3.52. The quantitative estimate of drug-likeness (QED) is 0.249. The Morgan fingerprint density at radius 2 is 0.816 bits per heavy atom. The molecule has 0 N–H and O–H groups in total. The lowest BCUT2D eigenvalue weighted by Crippen LogP contribution is -2.04. The third-order valence-electron chi connectivity index (χ3n) is 6.04. The van der Waals surface area contributed by atoms with Crippen molar-refractivity contribution in [3.05, 3.63) is 143 Å². The molecule has 4 aromatic rings. The van der Waals surface area contributed by atoms with Gasteiger partial charge in [0.2, 0.25) is 11.8 Å². The van der Waals surface area contributed by atoms with Crippen LogP contribution in [0.15, 0.2) is 131 Å². The third-order valence-corrected chi connectivity index (χ3v) is 6.04. The number of cyclic esters (lactones) is 2. The minimum atomic E-state index is -0.469. The van der Waals surface area contributed by atoms with Crippen LogP contribution in [0, 0.1) is 0 Å². The number of carbonyl (C=O) groups excluding carboxylic acids is 2. The van der Waals surface area contributed by atoms with Gasteiger partial charge in [-0.1, -0.05) is 84.9 Å². The Labute approximate surface area is 218 Å². The predicted molar refractivity (Wildman–Crippen MR) is 146 cm³/mol. The number of hydrogen-bond acceptors (Lipinski definition) is 6. The van der Waals surface area contributed by atoms with Gasteiger partial charge in [-0.2, -0.15) is 0 Å². The van der Waals surface area contributed by atoms with Gasteiger partial charge in [0.05, 0.1) is 0 Å². The first-order valence-corrected chi connectivity index (χ1v) is 12.0. The van der Waals surface area contributed by atoms with E-state index in [4.69, 9.17) is 9.47 Å². The van der Waals surface area contributed by atoms with Crippen LogP contribution in [-0.4, -0.2) is 23.7 Å². The summed E-state index contributed by atoms with van der Waals surface area (Å²) in [5.74, 6) is -0.323. The highest BCUT2D eigenvalue weighted by atomic mass is 16.6. The first-order valence-electron chi connectivity index (χ1n) is 12.0. The molecule has 4 aromatic carbocycles. The predicted octanol–water partition coefficient (Wildman–Crippen LogP) is 6.04. The second-order valence-electron chi connectivity index (χ2n) is 8.65. The average molecular weight is 497 g/mol. The molecule has 0 bridgehead atoms. The Morgan fingerprint density at radius 3 is 1.18 bits per heavy atom. The summed E-state index contributed by atoms with van der Waals surface area (Å²) in [7, 11) is 0. The smallest absolute Gasteiger partial charge is 0.363 e. The largest absolute Gasteiger partial charge is 0.402 e. The van der Waals surface area contributed by atoms with Crippen molar-refractivity contribution < 1.29 is 19.1 Å². The molecule has 2 aliphatic rings. The lowest BCUT2D eigenvalue weighted by atomic mass is 10.0. The molecule has 0 atom stereocenters. The summed E-state index contributed by atoms with van der Waals surface area (Å²) in [6, 6.07) is 34.3. The Kier molecular flexibility index (Phi) is 6.04. The summed E-state index contributed by atoms with van der Waals surface area (Å²) < 4.78 is 10.6. The van der Waals surface area contributed by atoms with E-state index in [-0.39, 0.29) is 11.4 Å². The highest BCUT2D eigenvalue weighted by molar-refractivity contribution is 6.13. The normalized spacial score (nSPS) is 16.8. The van der Waals surface area contributed by atoms with Crippen LogP contribution >= 0.6 is 0 Å². The van der Waals surface area contributed by atoms with E-state index in [0.29, 0.717) is 11.8 Å². The molecule has 0 aliphatic carbocycles. The number of esters is 2. The Morgan fingerprint density at radius 1 is 0.447 bits per heavy atom. The zero-order chi connectivity index (χ0) is 25.9. The zero-order valence-corrected chi connectivity index (χ0v) is 20.1. The summed E-state index contributed by atoms with van der Waals surface area (Å²) in [5.41, 5.74) is 5.74. The van der Waals surface area contributed by atoms with E-state index in [0.717, 1.165) is 33.4 Å². The molecule has 6 rings (SSSR count). The van der Waals surface area contributed by atoms with Crippen molar-refractivity contribution in [2.75, 3.05) is 0 Å². The van der Waals surface area contributed by atoms with Gasteiger partial charge in [0.15, 0.2) is 11.4 Å². The van der Waals surface area contributed by atoms with E-state index in [2.05, 4.69) is 9.98 Å². The van der Waals surface area contributed by atoms with Gasteiger partial charge in [0, 0.05) is 11.1 Å². The monoisotopic (exact) mass is 496 g/mol. The number of ether oxygens (including phenoxy) is 2. The molecule has 6 nitrogen and oxygen atoms in total. The van der Waals surface area contributed by atoms with Crippen LogP contribution in [0.2, 0.25) is 0 Å². The van der Waals surface area contributed by atoms with Crippen LogP contribution in [0.5, 0.6) is 0 Å². The molecule has 0 saturated carbocycles. The van der Waals surface area contributed by atoms with Crippen molar-refractivity contribution in [3.63, 3.8) is 0 Å². The Hall–Kier alpha value is -5.36. The van der Waals surface area contributed by atoms with Crippen LogP contribution in [0.3, 0.4) is 0 Å². The van der Waals surface area contributed by atoms with E-state index in [9.17, 15) is 9.59 Å². The fraction of sp³-hybridized carbons (Fsp3) is 0. The summed E-state index contributed by atoms with van der Waals surface area (Å²) in [6.07, 6.45) is 3.42. The van der Waals surface area contributed by atoms with E-state index < -0.39 is 11.9 Å². The second kappa shape index (κ2) is 9.95. The molecule has 0 saturated heterocycles. The van der Waals surface area contributed by atoms with Gasteiger partial charge < -0.3 is 9.47 Å². The van der Waals surface area contributed by atoms with Crippen LogP contribution < -0.4 is 0 Å². The molecular formula is C32H20N2O4. The number of aliphatic imine (C=N–C) groups is 2. The first kappa shape index (κ1) is 23.1. The lowest BCUT2D eigenvalue weighted by Gasteiger charge is -2.03. The zero-order valence-electron chi connectivity index (χ0n) is 20.1. The number of carbonyl (C=O) groups is 2. The maximum atomic E-state index is 12.3. The molecule has 182 valence electrons. The summed E-state index contributed by atoms with van der Waals surface area (Å²) in [6.45, 7) is 0. The Balaban J connectivity index is 1.17. The highest BCUT2D eigenvalue weighted by Crippen LogP contribution is 2.25. The molecule has 2 aliphatic heterocycles.